The Morgan fingerprint density at radius 3 is 1.77 bits per heavy atom. The summed E-state index contributed by atoms with van der Waals surface area (Å²) in [6.07, 6.45) is 36.6. The van der Waals surface area contributed by atoms with Gasteiger partial charge >= 0.3 is 0 Å². The number of hydrogen-bond donors (Lipinski definition) is 2. The van der Waals surface area contributed by atoms with Crippen LogP contribution >= 0.6 is 7.82 Å². The van der Waals surface area contributed by atoms with E-state index >= 15 is 0 Å². The minimum atomic E-state index is -4.57. The zero-order chi connectivity index (χ0) is 35.8. The van der Waals surface area contributed by atoms with Crippen LogP contribution in [0.15, 0.2) is 36.5 Å². The standard InChI is InChI=1S/C39H75N2O6P/c1-6-8-10-12-13-14-15-16-17-18-19-20-21-22-23-24-25-26-27-29-31-33-39(43)40-37(38(42)32-30-28-11-9-7-2)36-47-48(44,45)46-35-34-41(3,4)5/h15-16,18-19,30,32,37-38,42H,6-14,17,20-29,31,33-36H2,1-5H3,(H-,40,43,44,45)/b16-15-,19-18-,32-30+. The van der Waals surface area contributed by atoms with Gasteiger partial charge < -0.3 is 28.8 Å². The van der Waals surface area contributed by atoms with Crippen LogP contribution in [0.4, 0.5) is 0 Å². The van der Waals surface area contributed by atoms with Crippen LogP contribution in [0.5, 0.6) is 0 Å². The van der Waals surface area contributed by atoms with Crippen LogP contribution in [0, 0.1) is 0 Å². The summed E-state index contributed by atoms with van der Waals surface area (Å²) in [4.78, 5) is 25.0. The summed E-state index contributed by atoms with van der Waals surface area (Å²) < 4.78 is 22.9. The highest BCUT2D eigenvalue weighted by Gasteiger charge is 2.23. The summed E-state index contributed by atoms with van der Waals surface area (Å²) in [5.41, 5.74) is 0. The van der Waals surface area contributed by atoms with Gasteiger partial charge in [-0.25, -0.2) is 0 Å². The Labute approximate surface area is 296 Å². The molecule has 3 atom stereocenters. The molecule has 8 nitrogen and oxygen atoms in total. The minimum absolute atomic E-state index is 0.00354. The molecule has 3 unspecified atom stereocenters. The number of unbranched alkanes of at least 4 members (excludes halogenated alkanes) is 17. The van der Waals surface area contributed by atoms with Crippen LogP contribution < -0.4 is 10.2 Å². The van der Waals surface area contributed by atoms with Gasteiger partial charge in [-0.3, -0.25) is 9.36 Å². The highest BCUT2D eigenvalue weighted by atomic mass is 31.2. The van der Waals surface area contributed by atoms with Gasteiger partial charge in [-0.2, -0.15) is 0 Å². The third kappa shape index (κ3) is 33.2. The van der Waals surface area contributed by atoms with Crippen molar-refractivity contribution in [2.24, 2.45) is 0 Å². The molecule has 0 aliphatic heterocycles. The van der Waals surface area contributed by atoms with Crippen molar-refractivity contribution in [3.05, 3.63) is 36.5 Å². The predicted molar refractivity (Wildman–Crippen MR) is 201 cm³/mol. The molecule has 9 heteroatoms. The number of rotatable bonds is 34. The SMILES string of the molecule is CCCCC/C=C/C(O)C(COP(=O)([O-])OCC[N+](C)(C)C)NC(=O)CCCCCCCCCCC/C=C\C/C=C\CCCCCCC. The van der Waals surface area contributed by atoms with Gasteiger partial charge in [0.15, 0.2) is 0 Å². The molecule has 0 radical (unpaired) electrons. The molecule has 0 aromatic heterocycles. The Hall–Kier alpha value is -1.28. The van der Waals surface area contributed by atoms with E-state index in [0.717, 1.165) is 51.4 Å². The third-order valence-electron chi connectivity index (χ3n) is 8.34. The van der Waals surface area contributed by atoms with Crippen LogP contribution in [0.2, 0.25) is 0 Å². The van der Waals surface area contributed by atoms with Crippen molar-refractivity contribution in [1.29, 1.82) is 0 Å². The Morgan fingerprint density at radius 2 is 1.21 bits per heavy atom. The topological polar surface area (TPSA) is 108 Å². The maximum Gasteiger partial charge on any atom is 0.268 e. The average molecular weight is 699 g/mol. The second kappa shape index (κ2) is 31.7. The van der Waals surface area contributed by atoms with E-state index in [1.165, 1.54) is 83.5 Å². The maximum atomic E-state index is 12.7. The number of hydrogen-bond acceptors (Lipinski definition) is 6. The van der Waals surface area contributed by atoms with E-state index < -0.39 is 20.0 Å². The number of aliphatic hydroxyl groups is 1. The number of aliphatic hydroxyl groups excluding tert-OH is 1. The molecule has 48 heavy (non-hydrogen) atoms. The van der Waals surface area contributed by atoms with Crippen LogP contribution in [0.3, 0.4) is 0 Å². The van der Waals surface area contributed by atoms with Gasteiger partial charge in [0, 0.05) is 6.42 Å². The van der Waals surface area contributed by atoms with Gasteiger partial charge in [0.1, 0.15) is 13.2 Å². The lowest BCUT2D eigenvalue weighted by Gasteiger charge is -2.29. The first-order valence-electron chi connectivity index (χ1n) is 19.4. The molecule has 0 bridgehead atoms. The van der Waals surface area contributed by atoms with E-state index in [1.54, 1.807) is 6.08 Å². The predicted octanol–water partition coefficient (Wildman–Crippen LogP) is 9.33. The van der Waals surface area contributed by atoms with E-state index in [4.69, 9.17) is 9.05 Å². The van der Waals surface area contributed by atoms with Gasteiger partial charge in [0.05, 0.1) is 39.9 Å². The number of quaternary nitrogens is 1. The fraction of sp³-hybridized carbons (Fsp3) is 0.821. The summed E-state index contributed by atoms with van der Waals surface area (Å²) >= 11 is 0. The maximum absolute atomic E-state index is 12.7. The largest absolute Gasteiger partial charge is 0.756 e. The Morgan fingerprint density at radius 1 is 0.729 bits per heavy atom. The fourth-order valence-electron chi connectivity index (χ4n) is 5.18. The Balaban J connectivity index is 4.17. The Kier molecular flexibility index (Phi) is 30.8. The molecule has 0 rings (SSSR count). The smallest absolute Gasteiger partial charge is 0.268 e. The van der Waals surface area contributed by atoms with E-state index in [9.17, 15) is 19.4 Å². The highest BCUT2D eigenvalue weighted by Crippen LogP contribution is 2.38. The number of carbonyl (C=O) groups excluding carboxylic acids is 1. The van der Waals surface area contributed by atoms with E-state index in [2.05, 4.69) is 43.5 Å². The van der Waals surface area contributed by atoms with E-state index in [1.807, 2.05) is 27.2 Å². The van der Waals surface area contributed by atoms with Crippen LogP contribution in [0.25, 0.3) is 0 Å². The number of carbonyl (C=O) groups is 1. The van der Waals surface area contributed by atoms with Crippen LogP contribution in [0.1, 0.15) is 155 Å². The lowest BCUT2D eigenvalue weighted by atomic mass is 10.1. The van der Waals surface area contributed by atoms with Crippen molar-refractivity contribution < 1.29 is 32.9 Å². The van der Waals surface area contributed by atoms with E-state index in [-0.39, 0.29) is 19.1 Å². The molecule has 1 amide bonds. The van der Waals surface area contributed by atoms with Crippen molar-refractivity contribution in [2.45, 2.75) is 167 Å². The molecule has 2 N–H and O–H groups in total. The Bertz CT molecular complexity index is 886. The first-order chi connectivity index (χ1) is 23.0. The van der Waals surface area contributed by atoms with Crippen molar-refractivity contribution in [3.63, 3.8) is 0 Å². The number of amides is 1. The second-order valence-electron chi connectivity index (χ2n) is 14.3. The number of phosphoric acid groups is 1. The number of allylic oxidation sites excluding steroid dienone is 5. The number of phosphoric ester groups is 1. The summed E-state index contributed by atoms with van der Waals surface area (Å²) in [5.74, 6) is -0.211. The van der Waals surface area contributed by atoms with Crippen LogP contribution in [-0.2, 0) is 18.4 Å². The van der Waals surface area contributed by atoms with Gasteiger partial charge in [0.25, 0.3) is 7.82 Å². The molecule has 0 aromatic rings. The van der Waals surface area contributed by atoms with Crippen molar-refractivity contribution in [2.75, 3.05) is 40.9 Å². The lowest BCUT2D eigenvalue weighted by molar-refractivity contribution is -0.870. The van der Waals surface area contributed by atoms with E-state index in [0.29, 0.717) is 17.4 Å². The first-order valence-corrected chi connectivity index (χ1v) is 20.8. The molecular weight excluding hydrogens is 623 g/mol. The van der Waals surface area contributed by atoms with Crippen molar-refractivity contribution in [3.8, 4) is 0 Å². The van der Waals surface area contributed by atoms with Gasteiger partial charge in [-0.1, -0.05) is 134 Å². The zero-order valence-corrected chi connectivity index (χ0v) is 32.6. The molecule has 0 aliphatic carbocycles. The quantitative estimate of drug-likeness (QED) is 0.0300. The normalized spacial score (nSPS) is 15.1. The van der Waals surface area contributed by atoms with Crippen LogP contribution in [-0.4, -0.2) is 68.5 Å². The number of nitrogens with one attached hydrogen (secondary N) is 1. The third-order valence-corrected chi connectivity index (χ3v) is 9.31. The molecule has 0 heterocycles. The van der Waals surface area contributed by atoms with Crippen molar-refractivity contribution in [1.82, 2.24) is 5.32 Å². The van der Waals surface area contributed by atoms with Gasteiger partial charge in [-0.15, -0.1) is 0 Å². The summed E-state index contributed by atoms with van der Waals surface area (Å²) in [5, 5.41) is 13.5. The summed E-state index contributed by atoms with van der Waals surface area (Å²) in [6, 6.07) is -0.883. The molecule has 0 spiro atoms. The minimum Gasteiger partial charge on any atom is -0.756 e. The average Bonchev–Trinajstić information content (AvgIpc) is 3.02. The number of nitrogens with zero attached hydrogens (tertiary/aromatic N) is 1. The zero-order valence-electron chi connectivity index (χ0n) is 31.7. The van der Waals surface area contributed by atoms with Gasteiger partial charge in [0.2, 0.25) is 5.91 Å². The molecule has 0 saturated carbocycles. The monoisotopic (exact) mass is 699 g/mol. The first kappa shape index (κ1) is 46.7. The molecular formula is C39H75N2O6P. The molecule has 0 fully saturated rings. The second-order valence-corrected chi connectivity index (χ2v) is 15.7. The summed E-state index contributed by atoms with van der Waals surface area (Å²) in [7, 11) is 1.25. The fourth-order valence-corrected chi connectivity index (χ4v) is 5.90. The number of likely N-dealkylation sites (N-methyl/N-ethyl adjacent to an activating group) is 1. The molecule has 282 valence electrons. The molecule has 0 aliphatic rings. The highest BCUT2D eigenvalue weighted by molar-refractivity contribution is 7.45. The van der Waals surface area contributed by atoms with Gasteiger partial charge in [-0.05, 0) is 51.4 Å². The molecule has 0 aromatic carbocycles. The summed E-state index contributed by atoms with van der Waals surface area (Å²) in [6.45, 7) is 4.49. The lowest BCUT2D eigenvalue weighted by Crippen LogP contribution is -2.45. The molecule has 0 saturated heterocycles. The van der Waals surface area contributed by atoms with Crippen molar-refractivity contribution >= 4 is 13.7 Å².